The van der Waals surface area contributed by atoms with E-state index in [0.29, 0.717) is 48.2 Å². The molecule has 3 aromatic carbocycles. The van der Waals surface area contributed by atoms with Gasteiger partial charge in [0.25, 0.3) is 5.91 Å². The zero-order chi connectivity index (χ0) is 33.1. The second-order valence-electron chi connectivity index (χ2n) is 11.8. The molecule has 5 aromatic rings. The Kier molecular flexibility index (Phi) is 9.90. The molecule has 3 N–H and O–H groups in total. The van der Waals surface area contributed by atoms with Crippen molar-refractivity contribution in [3.63, 3.8) is 0 Å². The first-order chi connectivity index (χ1) is 22.5. The van der Waals surface area contributed by atoms with Crippen LogP contribution < -0.4 is 16.0 Å². The van der Waals surface area contributed by atoms with Crippen LogP contribution in [0.15, 0.2) is 54.6 Å². The van der Waals surface area contributed by atoms with Crippen molar-refractivity contribution < 1.29 is 26.7 Å². The Balaban J connectivity index is 0.000000191. The largest absolute Gasteiger partial charge is 0.417 e. The predicted octanol–water partition coefficient (Wildman–Crippen LogP) is 7.79. The van der Waals surface area contributed by atoms with Crippen molar-refractivity contribution in [2.45, 2.75) is 25.9 Å². The molecule has 2 saturated heterocycles. The van der Waals surface area contributed by atoms with Crippen molar-refractivity contribution in [3.05, 3.63) is 82.9 Å². The average Bonchev–Trinajstić information content (AvgIpc) is 3.84. The van der Waals surface area contributed by atoms with Crippen LogP contribution in [0.1, 0.15) is 34.3 Å². The molecule has 0 bridgehead atoms. The molecule has 2 aromatic heterocycles. The number of hydrogen-bond donors (Lipinski definition) is 3. The summed E-state index contributed by atoms with van der Waals surface area (Å²) in [7, 11) is 0. The number of nitrogens with one attached hydrogen (secondary N) is 3. The van der Waals surface area contributed by atoms with E-state index in [1.165, 1.54) is 70.4 Å². The third kappa shape index (κ3) is 8.17. The van der Waals surface area contributed by atoms with Gasteiger partial charge in [0, 0.05) is 26.2 Å². The molecule has 2 atom stereocenters. The van der Waals surface area contributed by atoms with Gasteiger partial charge in [0.15, 0.2) is 10.3 Å². The lowest BCUT2D eigenvalue weighted by Gasteiger charge is -2.20. The monoisotopic (exact) mass is 688 g/mol. The van der Waals surface area contributed by atoms with Crippen molar-refractivity contribution in [1.82, 2.24) is 20.2 Å². The molecule has 2 aliphatic rings. The van der Waals surface area contributed by atoms with Crippen molar-refractivity contribution in [2.24, 2.45) is 11.8 Å². The third-order valence-corrected chi connectivity index (χ3v) is 10.2. The van der Waals surface area contributed by atoms with Crippen LogP contribution in [-0.2, 0) is 6.18 Å². The maximum atomic E-state index is 13.3. The highest BCUT2D eigenvalue weighted by Crippen LogP contribution is 2.34. The van der Waals surface area contributed by atoms with Gasteiger partial charge in [-0.25, -0.2) is 18.7 Å². The van der Waals surface area contributed by atoms with Gasteiger partial charge < -0.3 is 20.9 Å². The number of likely N-dealkylation sites (tertiary alicyclic amines) is 1. The lowest BCUT2D eigenvalue weighted by atomic mass is 10.0. The molecule has 1 amide bonds. The first-order valence-corrected chi connectivity index (χ1v) is 16.9. The molecule has 2 fully saturated rings. The number of benzene rings is 3. The molecule has 0 saturated carbocycles. The summed E-state index contributed by atoms with van der Waals surface area (Å²) in [4.78, 5) is 23.1. The summed E-state index contributed by atoms with van der Waals surface area (Å²) in [6, 6.07) is 12.7. The van der Waals surface area contributed by atoms with Crippen molar-refractivity contribution in [2.75, 3.05) is 49.9 Å². The van der Waals surface area contributed by atoms with Crippen molar-refractivity contribution >= 4 is 59.3 Å². The van der Waals surface area contributed by atoms with E-state index in [-0.39, 0.29) is 23.1 Å². The van der Waals surface area contributed by atoms with Gasteiger partial charge in [-0.15, -0.1) is 0 Å². The molecule has 2 aliphatic heterocycles. The van der Waals surface area contributed by atoms with Gasteiger partial charge in [0.05, 0.1) is 31.6 Å². The molecule has 7 nitrogen and oxygen atoms in total. The third-order valence-electron chi connectivity index (χ3n) is 8.23. The summed E-state index contributed by atoms with van der Waals surface area (Å²) in [6.45, 7) is 6.10. The van der Waals surface area contributed by atoms with E-state index in [4.69, 9.17) is 0 Å². The van der Waals surface area contributed by atoms with Crippen LogP contribution in [0.5, 0.6) is 0 Å². The van der Waals surface area contributed by atoms with Gasteiger partial charge >= 0.3 is 6.18 Å². The molecule has 47 heavy (non-hydrogen) atoms. The lowest BCUT2D eigenvalue weighted by molar-refractivity contribution is -0.138. The zero-order valence-corrected chi connectivity index (χ0v) is 27.1. The Bertz CT molecular complexity index is 1870. The topological polar surface area (TPSA) is 82.2 Å². The number of halogens is 5. The molecule has 0 unspecified atom stereocenters. The van der Waals surface area contributed by atoms with Crippen LogP contribution in [0.2, 0.25) is 0 Å². The molecule has 4 heterocycles. The zero-order valence-electron chi connectivity index (χ0n) is 25.5. The SMILES string of the molecule is Cc1ccc(C(F)(F)F)c(C(=O)N2CC[C@@H](CNc3nc4ccc(F)cc4s3)C2)c1.Fc1ccc2nc(NC[C@@H]3CCNC3)sc2c1. The van der Waals surface area contributed by atoms with Gasteiger partial charge in [0.2, 0.25) is 0 Å². The smallest absolute Gasteiger partial charge is 0.361 e. The number of aromatic nitrogens is 2. The molecule has 14 heteroatoms. The maximum absolute atomic E-state index is 13.3. The molecule has 0 spiro atoms. The van der Waals surface area contributed by atoms with Gasteiger partial charge in [-0.05, 0) is 93.2 Å². The fourth-order valence-corrected chi connectivity index (χ4v) is 7.53. The van der Waals surface area contributed by atoms with Crippen molar-refractivity contribution in [3.8, 4) is 0 Å². The summed E-state index contributed by atoms with van der Waals surface area (Å²) in [6.07, 6.45) is -2.68. The number of alkyl halides is 3. The van der Waals surface area contributed by atoms with E-state index < -0.39 is 17.6 Å². The highest BCUT2D eigenvalue weighted by Gasteiger charge is 2.37. The quantitative estimate of drug-likeness (QED) is 0.152. The Labute approximate surface area is 276 Å². The molecular weight excluding hydrogens is 656 g/mol. The molecular formula is C33H33F5N6OS2. The molecule has 0 aliphatic carbocycles. The number of thiazole rings is 2. The molecule has 7 rings (SSSR count). The first kappa shape index (κ1) is 33.0. The summed E-state index contributed by atoms with van der Waals surface area (Å²) in [5.41, 5.74) is 0.969. The van der Waals surface area contributed by atoms with E-state index in [1.807, 2.05) is 0 Å². The van der Waals surface area contributed by atoms with Crippen LogP contribution in [0, 0.1) is 30.4 Å². The van der Waals surface area contributed by atoms with Gasteiger partial charge in [-0.3, -0.25) is 4.79 Å². The first-order valence-electron chi connectivity index (χ1n) is 15.3. The lowest BCUT2D eigenvalue weighted by Crippen LogP contribution is -2.31. The maximum Gasteiger partial charge on any atom is 0.417 e. The van der Waals surface area contributed by atoms with Crippen LogP contribution >= 0.6 is 22.7 Å². The Morgan fingerprint density at radius 2 is 1.51 bits per heavy atom. The minimum Gasteiger partial charge on any atom is -0.361 e. The minimum absolute atomic E-state index is 0.0943. The van der Waals surface area contributed by atoms with Crippen LogP contribution in [0.4, 0.5) is 32.2 Å². The number of aryl methyl sites for hydroxylation is 1. The highest BCUT2D eigenvalue weighted by atomic mass is 32.1. The minimum atomic E-state index is -4.58. The number of amides is 1. The van der Waals surface area contributed by atoms with Crippen LogP contribution in [-0.4, -0.2) is 60.0 Å². The predicted molar refractivity (Wildman–Crippen MR) is 177 cm³/mol. The Morgan fingerprint density at radius 1 is 0.894 bits per heavy atom. The number of hydrogen-bond acceptors (Lipinski definition) is 8. The van der Waals surface area contributed by atoms with E-state index in [0.717, 1.165) is 45.7 Å². The standard InChI is InChI=1S/C21H19F4N3OS.C12H14FN3S/c1-12-2-4-16(21(23,24)25)15(8-12)19(29)28-7-6-13(11-28)10-26-20-27-17-5-3-14(22)9-18(17)30-20;13-9-1-2-10-11(5-9)17-12(16-10)15-7-8-3-4-14-6-8/h2-5,8-9,13H,6-7,10-11H2,1H3,(H,26,27);1-2,5,8,14H,3-4,6-7H2,(H,15,16)/t13-;8-/m01/s1. The van der Waals surface area contributed by atoms with E-state index in [1.54, 1.807) is 19.1 Å². The number of carbonyl (C=O) groups is 1. The number of rotatable bonds is 7. The number of fused-ring (bicyclic) bond motifs is 2. The fraction of sp³-hybridized carbons (Fsp3) is 0.364. The van der Waals surface area contributed by atoms with Crippen LogP contribution in [0.3, 0.4) is 0 Å². The second kappa shape index (κ2) is 14.1. The van der Waals surface area contributed by atoms with E-state index >= 15 is 0 Å². The summed E-state index contributed by atoms with van der Waals surface area (Å²) in [5, 5.41) is 11.4. The normalized spacial score (nSPS) is 18.0. The summed E-state index contributed by atoms with van der Waals surface area (Å²) < 4.78 is 67.9. The summed E-state index contributed by atoms with van der Waals surface area (Å²) >= 11 is 2.85. The summed E-state index contributed by atoms with van der Waals surface area (Å²) in [5.74, 6) is -0.343. The fourth-order valence-electron chi connectivity index (χ4n) is 5.74. The second-order valence-corrected chi connectivity index (χ2v) is 13.9. The molecule has 0 radical (unpaired) electrons. The number of carbonyl (C=O) groups excluding carboxylic acids is 1. The van der Waals surface area contributed by atoms with Crippen LogP contribution in [0.25, 0.3) is 20.4 Å². The van der Waals surface area contributed by atoms with E-state index in [9.17, 15) is 26.7 Å². The van der Waals surface area contributed by atoms with Gasteiger partial charge in [0.1, 0.15) is 11.6 Å². The Morgan fingerprint density at radius 3 is 2.09 bits per heavy atom. The van der Waals surface area contributed by atoms with Gasteiger partial charge in [-0.1, -0.05) is 34.3 Å². The Hall–Kier alpha value is -3.88. The number of nitrogens with zero attached hydrogens (tertiary/aromatic N) is 3. The van der Waals surface area contributed by atoms with E-state index in [2.05, 4.69) is 25.9 Å². The number of anilines is 2. The van der Waals surface area contributed by atoms with Crippen molar-refractivity contribution in [1.29, 1.82) is 0 Å². The highest BCUT2D eigenvalue weighted by molar-refractivity contribution is 7.22. The average molecular weight is 689 g/mol. The molecule has 248 valence electrons. The van der Waals surface area contributed by atoms with Gasteiger partial charge in [-0.2, -0.15) is 13.2 Å².